The predicted molar refractivity (Wildman–Crippen MR) is 144 cm³/mol. The van der Waals surface area contributed by atoms with Gasteiger partial charge in [-0.15, -0.1) is 22.7 Å². The minimum Gasteiger partial charge on any atom is -0.489 e. The molecule has 0 fully saturated rings. The van der Waals surface area contributed by atoms with E-state index in [1.54, 1.807) is 23.5 Å². The highest BCUT2D eigenvalue weighted by molar-refractivity contribution is 7.16. The molecule has 184 valence electrons. The molecule has 0 aliphatic rings. The van der Waals surface area contributed by atoms with Crippen molar-refractivity contribution in [3.63, 3.8) is 0 Å². The Balaban J connectivity index is 0.000000198. The predicted octanol–water partition coefficient (Wildman–Crippen LogP) is 8.20. The Morgan fingerprint density at radius 2 is 1.43 bits per heavy atom. The van der Waals surface area contributed by atoms with Gasteiger partial charge in [0.1, 0.15) is 11.5 Å². The van der Waals surface area contributed by atoms with E-state index in [4.69, 9.17) is 37.8 Å². The van der Waals surface area contributed by atoms with Crippen LogP contribution in [0.5, 0.6) is 11.5 Å². The highest BCUT2D eigenvalue weighted by Crippen LogP contribution is 2.34. The molecule has 2 aromatic heterocycles. The fraction of sp³-hybridized carbons (Fsp3) is 0.240. The lowest BCUT2D eigenvalue weighted by Crippen LogP contribution is -2.05. The van der Waals surface area contributed by atoms with Crippen molar-refractivity contribution in [1.82, 2.24) is 9.97 Å². The lowest BCUT2D eigenvalue weighted by molar-refractivity contribution is 0.0696. The summed E-state index contributed by atoms with van der Waals surface area (Å²) >= 11 is 15.0. The van der Waals surface area contributed by atoms with Gasteiger partial charge in [0.15, 0.2) is 0 Å². The molecule has 0 saturated heterocycles. The Hall–Kier alpha value is -2.65. The summed E-state index contributed by atoms with van der Waals surface area (Å²) in [6.07, 6.45) is 3.54. The van der Waals surface area contributed by atoms with Crippen LogP contribution in [0.15, 0.2) is 54.3 Å². The van der Waals surface area contributed by atoms with Gasteiger partial charge in [0.05, 0.1) is 37.5 Å². The Kier molecular flexibility index (Phi) is 9.51. The maximum atomic E-state index is 10.8. The van der Waals surface area contributed by atoms with Crippen LogP contribution in [0.3, 0.4) is 0 Å². The van der Waals surface area contributed by atoms with Crippen molar-refractivity contribution in [2.75, 3.05) is 0 Å². The van der Waals surface area contributed by atoms with E-state index in [-0.39, 0.29) is 17.2 Å². The zero-order valence-corrected chi connectivity index (χ0v) is 22.6. The molecule has 0 aliphatic carbocycles. The number of benzene rings is 2. The van der Waals surface area contributed by atoms with E-state index in [1.165, 1.54) is 6.20 Å². The number of aromatic carboxylic acids is 1. The Morgan fingerprint density at radius 3 is 1.83 bits per heavy atom. The van der Waals surface area contributed by atoms with Gasteiger partial charge in [-0.2, -0.15) is 0 Å². The van der Waals surface area contributed by atoms with E-state index < -0.39 is 5.97 Å². The summed E-state index contributed by atoms with van der Waals surface area (Å²) in [5.74, 6) is 0.315. The van der Waals surface area contributed by atoms with Crippen LogP contribution in [0.1, 0.15) is 37.5 Å². The first-order valence-electron chi connectivity index (χ1n) is 10.6. The van der Waals surface area contributed by atoms with Crippen LogP contribution >= 0.6 is 45.9 Å². The summed E-state index contributed by atoms with van der Waals surface area (Å²) in [5, 5.41) is 10.0. The fourth-order valence-electron chi connectivity index (χ4n) is 2.87. The third-order valence-corrected chi connectivity index (χ3v) is 6.73. The number of hydrogen-bond donors (Lipinski definition) is 1. The second-order valence-electron chi connectivity index (χ2n) is 7.82. The highest BCUT2D eigenvalue weighted by Gasteiger charge is 2.12. The number of ether oxygens (including phenoxy) is 2. The molecular formula is C25H24Cl2N2O4S2. The van der Waals surface area contributed by atoms with Crippen molar-refractivity contribution >= 4 is 51.8 Å². The zero-order valence-electron chi connectivity index (χ0n) is 19.5. The van der Waals surface area contributed by atoms with Crippen molar-refractivity contribution < 1.29 is 19.4 Å². The molecule has 0 aliphatic heterocycles. The van der Waals surface area contributed by atoms with E-state index in [0.29, 0.717) is 15.8 Å². The lowest BCUT2D eigenvalue weighted by Gasteiger charge is -2.11. The average Bonchev–Trinajstić information content (AvgIpc) is 3.49. The van der Waals surface area contributed by atoms with Crippen LogP contribution in [-0.4, -0.2) is 33.3 Å². The monoisotopic (exact) mass is 550 g/mol. The smallest absolute Gasteiger partial charge is 0.365 e. The minimum atomic E-state index is -1.03. The number of carboxylic acid groups (broad SMARTS) is 1. The number of halogens is 2. The first-order chi connectivity index (χ1) is 16.6. The molecule has 4 rings (SSSR count). The van der Waals surface area contributed by atoms with Gasteiger partial charge in [0.2, 0.25) is 5.01 Å². The molecular weight excluding hydrogens is 527 g/mol. The van der Waals surface area contributed by atoms with E-state index in [9.17, 15) is 4.79 Å². The van der Waals surface area contributed by atoms with Gasteiger partial charge in [-0.25, -0.2) is 9.78 Å². The first kappa shape index (κ1) is 26.9. The highest BCUT2D eigenvalue weighted by atomic mass is 35.5. The second kappa shape index (κ2) is 12.4. The summed E-state index contributed by atoms with van der Waals surface area (Å²) in [6.45, 7) is 7.81. The molecule has 0 amide bonds. The molecule has 2 aromatic carbocycles. The van der Waals surface area contributed by atoms with Gasteiger partial charge in [-0.1, -0.05) is 23.2 Å². The standard InChI is InChI=1S/C13H12ClNO3S.C12H12ClNOS/c1-7(2)18-10-4-3-8(5-9(10)14)11-6-15-12(19-11)13(16)17;1-8(2)15-11-4-3-9(5-10(11)13)12-6-14-7-16-12/h3-7H,1-2H3,(H,16,17);3-8H,1-2H3. The summed E-state index contributed by atoms with van der Waals surface area (Å²) in [6, 6.07) is 11.2. The van der Waals surface area contributed by atoms with Crippen LogP contribution in [0.2, 0.25) is 10.0 Å². The van der Waals surface area contributed by atoms with Gasteiger partial charge in [0.25, 0.3) is 0 Å². The van der Waals surface area contributed by atoms with Crippen molar-refractivity contribution in [2.45, 2.75) is 39.9 Å². The lowest BCUT2D eigenvalue weighted by atomic mass is 10.2. The minimum absolute atomic E-state index is 0.0466. The van der Waals surface area contributed by atoms with Gasteiger partial charge < -0.3 is 14.6 Å². The van der Waals surface area contributed by atoms with Crippen LogP contribution in [-0.2, 0) is 0 Å². The molecule has 2 heterocycles. The van der Waals surface area contributed by atoms with Gasteiger partial charge in [-0.05, 0) is 75.2 Å². The number of nitrogens with zero attached hydrogens (tertiary/aromatic N) is 2. The summed E-state index contributed by atoms with van der Waals surface area (Å²) < 4.78 is 11.1. The van der Waals surface area contributed by atoms with Crippen LogP contribution < -0.4 is 9.47 Å². The number of rotatable bonds is 7. The fourth-order valence-corrected chi connectivity index (χ4v) is 4.69. The molecule has 0 spiro atoms. The Labute approximate surface area is 222 Å². The molecule has 0 radical (unpaired) electrons. The number of carbonyl (C=O) groups is 1. The number of aromatic nitrogens is 2. The molecule has 35 heavy (non-hydrogen) atoms. The maximum absolute atomic E-state index is 10.8. The van der Waals surface area contributed by atoms with Crippen molar-refractivity contribution in [2.24, 2.45) is 0 Å². The van der Waals surface area contributed by atoms with Gasteiger partial charge in [0, 0.05) is 12.4 Å². The molecule has 6 nitrogen and oxygen atoms in total. The second-order valence-corrected chi connectivity index (χ2v) is 10.6. The molecule has 0 bridgehead atoms. The topological polar surface area (TPSA) is 81.5 Å². The number of carboxylic acids is 1. The van der Waals surface area contributed by atoms with Crippen LogP contribution in [0.25, 0.3) is 20.9 Å². The third kappa shape index (κ3) is 7.67. The van der Waals surface area contributed by atoms with E-state index in [2.05, 4.69) is 9.97 Å². The number of thiazole rings is 2. The first-order valence-corrected chi connectivity index (χ1v) is 13.1. The Bertz CT molecular complexity index is 1270. The van der Waals surface area contributed by atoms with Crippen molar-refractivity contribution in [1.29, 1.82) is 0 Å². The largest absolute Gasteiger partial charge is 0.489 e. The van der Waals surface area contributed by atoms with E-state index >= 15 is 0 Å². The normalized spacial score (nSPS) is 10.7. The molecule has 0 atom stereocenters. The maximum Gasteiger partial charge on any atom is 0.365 e. The van der Waals surface area contributed by atoms with Crippen LogP contribution in [0, 0.1) is 0 Å². The molecule has 0 unspecified atom stereocenters. The summed E-state index contributed by atoms with van der Waals surface area (Å²) in [4.78, 5) is 20.5. The van der Waals surface area contributed by atoms with E-state index in [1.807, 2.05) is 63.7 Å². The molecule has 0 saturated carbocycles. The number of hydrogen-bond acceptors (Lipinski definition) is 7. The van der Waals surface area contributed by atoms with Gasteiger partial charge in [-0.3, -0.25) is 4.98 Å². The van der Waals surface area contributed by atoms with Crippen LogP contribution in [0.4, 0.5) is 0 Å². The Morgan fingerprint density at radius 1 is 0.886 bits per heavy atom. The van der Waals surface area contributed by atoms with Crippen molar-refractivity contribution in [3.8, 4) is 32.4 Å². The van der Waals surface area contributed by atoms with Crippen molar-refractivity contribution in [3.05, 3.63) is 69.4 Å². The quantitative estimate of drug-likeness (QED) is 0.249. The van der Waals surface area contributed by atoms with Gasteiger partial charge >= 0.3 is 5.97 Å². The molecule has 1 N–H and O–H groups in total. The molecule has 10 heteroatoms. The third-order valence-electron chi connectivity index (χ3n) is 4.28. The summed E-state index contributed by atoms with van der Waals surface area (Å²) in [5.41, 5.74) is 3.71. The summed E-state index contributed by atoms with van der Waals surface area (Å²) in [7, 11) is 0. The SMILES string of the molecule is CC(C)Oc1ccc(-c2cnc(C(=O)O)s2)cc1Cl.CC(C)Oc1ccc(-c2cncs2)cc1Cl. The molecule has 4 aromatic rings. The zero-order chi connectivity index (χ0) is 25.5. The van der Waals surface area contributed by atoms with E-state index in [0.717, 1.165) is 38.0 Å². The average molecular weight is 552 g/mol.